The van der Waals surface area contributed by atoms with Crippen LogP contribution in [0.15, 0.2) is 29.0 Å². The monoisotopic (exact) mass is 521 g/mol. The third kappa shape index (κ3) is 4.99. The number of H-pyrrole nitrogens is 1. The SMILES string of the molecule is Cc1noc(C)c1-c1ccc2c(-c3nc(N[C@H]4CCC[C@@H]4NCC(F)F)ncc3C(F)(F)F)c[nH]c2n1. The number of anilines is 1. The lowest BCUT2D eigenvalue weighted by Crippen LogP contribution is -2.42. The molecule has 4 aromatic rings. The Morgan fingerprint density at radius 2 is 1.92 bits per heavy atom. The van der Waals surface area contributed by atoms with Crippen LogP contribution in [0.25, 0.3) is 33.5 Å². The van der Waals surface area contributed by atoms with E-state index in [1.54, 1.807) is 26.0 Å². The van der Waals surface area contributed by atoms with Gasteiger partial charge in [0.15, 0.2) is 0 Å². The lowest BCUT2D eigenvalue weighted by molar-refractivity contribution is -0.137. The molecule has 2 atom stereocenters. The Morgan fingerprint density at radius 1 is 1.14 bits per heavy atom. The number of fused-ring (bicyclic) bond motifs is 1. The number of rotatable bonds is 7. The Labute approximate surface area is 208 Å². The second-order valence-electron chi connectivity index (χ2n) is 9.04. The molecule has 37 heavy (non-hydrogen) atoms. The number of alkyl halides is 5. The van der Waals surface area contributed by atoms with E-state index in [1.165, 1.54) is 6.20 Å². The number of aryl methyl sites for hydroxylation is 2. The lowest BCUT2D eigenvalue weighted by Gasteiger charge is -2.22. The summed E-state index contributed by atoms with van der Waals surface area (Å²) in [6.07, 6.45) is -2.92. The van der Waals surface area contributed by atoms with Crippen LogP contribution in [0.2, 0.25) is 0 Å². The maximum atomic E-state index is 13.9. The van der Waals surface area contributed by atoms with E-state index in [4.69, 9.17) is 4.52 Å². The molecule has 1 aliphatic carbocycles. The van der Waals surface area contributed by atoms with Gasteiger partial charge in [-0.05, 0) is 45.2 Å². The van der Waals surface area contributed by atoms with Gasteiger partial charge in [-0.3, -0.25) is 0 Å². The second-order valence-corrected chi connectivity index (χ2v) is 9.04. The highest BCUT2D eigenvalue weighted by molar-refractivity contribution is 5.94. The molecule has 5 rings (SSSR count). The first kappa shape index (κ1) is 25.1. The van der Waals surface area contributed by atoms with E-state index < -0.39 is 24.7 Å². The normalized spacial score (nSPS) is 18.3. The fourth-order valence-electron chi connectivity index (χ4n) is 4.84. The van der Waals surface area contributed by atoms with Crippen molar-refractivity contribution in [3.8, 4) is 22.5 Å². The van der Waals surface area contributed by atoms with E-state index in [9.17, 15) is 22.0 Å². The zero-order valence-corrected chi connectivity index (χ0v) is 20.0. The minimum Gasteiger partial charge on any atom is -0.361 e. The predicted octanol–water partition coefficient (Wildman–Crippen LogP) is 5.50. The number of hydrogen-bond donors (Lipinski definition) is 3. The van der Waals surface area contributed by atoms with E-state index in [0.29, 0.717) is 46.6 Å². The van der Waals surface area contributed by atoms with Crippen LogP contribution in [0.4, 0.5) is 27.9 Å². The van der Waals surface area contributed by atoms with Gasteiger partial charge in [0, 0.05) is 35.4 Å². The molecule has 8 nitrogen and oxygen atoms in total. The summed E-state index contributed by atoms with van der Waals surface area (Å²) in [5.41, 5.74) is 1.22. The summed E-state index contributed by atoms with van der Waals surface area (Å²) in [7, 11) is 0. The van der Waals surface area contributed by atoms with Crippen LogP contribution in [-0.4, -0.2) is 50.1 Å². The van der Waals surface area contributed by atoms with E-state index in [1.807, 2.05) is 0 Å². The highest BCUT2D eigenvalue weighted by Crippen LogP contribution is 2.39. The predicted molar refractivity (Wildman–Crippen MR) is 126 cm³/mol. The molecule has 0 saturated heterocycles. The molecule has 0 unspecified atom stereocenters. The van der Waals surface area contributed by atoms with Crippen molar-refractivity contribution in [2.75, 3.05) is 11.9 Å². The smallest absolute Gasteiger partial charge is 0.361 e. The summed E-state index contributed by atoms with van der Waals surface area (Å²) >= 11 is 0. The zero-order chi connectivity index (χ0) is 26.3. The maximum Gasteiger partial charge on any atom is 0.419 e. The molecule has 0 aliphatic heterocycles. The van der Waals surface area contributed by atoms with Crippen molar-refractivity contribution in [1.29, 1.82) is 0 Å². The summed E-state index contributed by atoms with van der Waals surface area (Å²) in [6.45, 7) is 3.07. The van der Waals surface area contributed by atoms with Gasteiger partial charge in [-0.1, -0.05) is 5.16 Å². The Kier molecular flexibility index (Phi) is 6.56. The number of nitrogens with zero attached hydrogens (tertiary/aromatic N) is 4. The highest BCUT2D eigenvalue weighted by Gasteiger charge is 2.37. The minimum atomic E-state index is -4.70. The highest BCUT2D eigenvalue weighted by atomic mass is 19.4. The molecule has 0 spiro atoms. The van der Waals surface area contributed by atoms with Gasteiger partial charge in [-0.15, -0.1) is 0 Å². The van der Waals surface area contributed by atoms with Crippen LogP contribution in [0.1, 0.15) is 36.3 Å². The third-order valence-corrected chi connectivity index (χ3v) is 6.54. The van der Waals surface area contributed by atoms with Crippen LogP contribution in [0.5, 0.6) is 0 Å². The molecule has 0 aromatic carbocycles. The first-order chi connectivity index (χ1) is 17.6. The van der Waals surface area contributed by atoms with E-state index in [0.717, 1.165) is 12.6 Å². The topological polar surface area (TPSA) is 105 Å². The Morgan fingerprint density at radius 3 is 2.62 bits per heavy atom. The molecule has 0 bridgehead atoms. The van der Waals surface area contributed by atoms with Crippen molar-refractivity contribution in [3.63, 3.8) is 0 Å². The second kappa shape index (κ2) is 9.69. The van der Waals surface area contributed by atoms with Crippen LogP contribution < -0.4 is 10.6 Å². The largest absolute Gasteiger partial charge is 0.419 e. The first-order valence-electron chi connectivity index (χ1n) is 11.8. The minimum absolute atomic E-state index is 0.00611. The van der Waals surface area contributed by atoms with Gasteiger partial charge >= 0.3 is 6.18 Å². The molecule has 1 saturated carbocycles. The summed E-state index contributed by atoms with van der Waals surface area (Å²) in [6, 6.07) is 2.82. The van der Waals surface area contributed by atoms with Gasteiger partial charge in [0.25, 0.3) is 6.43 Å². The van der Waals surface area contributed by atoms with Crippen LogP contribution in [-0.2, 0) is 6.18 Å². The summed E-state index contributed by atoms with van der Waals surface area (Å²) in [4.78, 5) is 15.6. The number of nitrogens with one attached hydrogen (secondary N) is 3. The Balaban J connectivity index is 1.51. The van der Waals surface area contributed by atoms with Crippen molar-refractivity contribution in [1.82, 2.24) is 30.4 Å². The van der Waals surface area contributed by atoms with Gasteiger partial charge in [-0.2, -0.15) is 13.2 Å². The first-order valence-corrected chi connectivity index (χ1v) is 11.8. The average Bonchev–Trinajstić information content (AvgIpc) is 3.55. The van der Waals surface area contributed by atoms with Crippen molar-refractivity contribution in [2.24, 2.45) is 0 Å². The number of pyridine rings is 1. The van der Waals surface area contributed by atoms with Gasteiger partial charge in [0.05, 0.1) is 29.2 Å². The fraction of sp³-hybridized carbons (Fsp3) is 0.417. The van der Waals surface area contributed by atoms with Gasteiger partial charge in [-0.25, -0.2) is 23.7 Å². The van der Waals surface area contributed by atoms with E-state index in [-0.39, 0.29) is 29.3 Å². The maximum absolute atomic E-state index is 13.9. The molecular weight excluding hydrogens is 497 g/mol. The fourth-order valence-corrected chi connectivity index (χ4v) is 4.84. The molecule has 0 radical (unpaired) electrons. The molecular formula is C24H24F5N7O. The molecule has 4 aromatic heterocycles. The molecule has 3 N–H and O–H groups in total. The Hall–Kier alpha value is -3.61. The quantitative estimate of drug-likeness (QED) is 0.276. The zero-order valence-electron chi connectivity index (χ0n) is 20.0. The van der Waals surface area contributed by atoms with Crippen LogP contribution >= 0.6 is 0 Å². The van der Waals surface area contributed by atoms with Crippen molar-refractivity contribution >= 4 is 17.0 Å². The molecule has 196 valence electrons. The van der Waals surface area contributed by atoms with Crippen molar-refractivity contribution in [3.05, 3.63) is 41.5 Å². The molecule has 4 heterocycles. The van der Waals surface area contributed by atoms with Crippen molar-refractivity contribution in [2.45, 2.75) is 57.8 Å². The van der Waals surface area contributed by atoms with Gasteiger partial charge in [0.2, 0.25) is 5.95 Å². The molecule has 1 fully saturated rings. The number of aromatic nitrogens is 5. The number of hydrogen-bond acceptors (Lipinski definition) is 7. The summed E-state index contributed by atoms with van der Waals surface area (Å²) in [5, 5.41) is 10.2. The van der Waals surface area contributed by atoms with Gasteiger partial charge < -0.3 is 20.1 Å². The van der Waals surface area contributed by atoms with E-state index >= 15 is 0 Å². The summed E-state index contributed by atoms with van der Waals surface area (Å²) in [5.74, 6) is 0.573. The number of halogens is 5. The molecule has 1 aliphatic rings. The summed E-state index contributed by atoms with van der Waals surface area (Å²) < 4.78 is 72.3. The molecule has 0 amide bonds. The van der Waals surface area contributed by atoms with Gasteiger partial charge in [0.1, 0.15) is 17.0 Å². The van der Waals surface area contributed by atoms with Crippen LogP contribution in [0.3, 0.4) is 0 Å². The van der Waals surface area contributed by atoms with Crippen molar-refractivity contribution < 1.29 is 26.5 Å². The average molecular weight is 521 g/mol. The number of aromatic amines is 1. The standard InChI is InChI=1S/C24H24F5N7O/c1-11-20(12(2)37-36-11)18-7-6-13-14(8-31-22(13)33-18)21-15(24(27,28)29)9-32-23(35-21)34-17-5-3-4-16(17)30-10-19(25)26/h6-9,16-17,19,30H,3-5,10H2,1-2H3,(H,31,33)(H,32,34,35)/t16-,17-/m0/s1. The molecule has 13 heteroatoms. The third-order valence-electron chi connectivity index (χ3n) is 6.54. The van der Waals surface area contributed by atoms with E-state index in [2.05, 4.69) is 35.7 Å². The lowest BCUT2D eigenvalue weighted by atomic mass is 10.1. The van der Waals surface area contributed by atoms with Crippen LogP contribution in [0, 0.1) is 13.8 Å². The Bertz CT molecular complexity index is 1390.